The molecule has 1 aliphatic rings. The fourth-order valence-corrected chi connectivity index (χ4v) is 3.73. The first-order chi connectivity index (χ1) is 11.2. The van der Waals surface area contributed by atoms with Crippen molar-refractivity contribution in [1.29, 1.82) is 0 Å². The molecule has 0 bridgehead atoms. The third kappa shape index (κ3) is 6.73. The molecule has 0 unspecified atom stereocenters. The quantitative estimate of drug-likeness (QED) is 0.568. The van der Waals surface area contributed by atoms with Gasteiger partial charge in [-0.2, -0.15) is 0 Å². The van der Waals surface area contributed by atoms with Crippen molar-refractivity contribution in [3.63, 3.8) is 0 Å². The summed E-state index contributed by atoms with van der Waals surface area (Å²) in [7, 11) is 0. The van der Waals surface area contributed by atoms with Crippen LogP contribution in [0.4, 0.5) is 4.39 Å². The van der Waals surface area contributed by atoms with Crippen LogP contribution in [0.5, 0.6) is 5.75 Å². The van der Waals surface area contributed by atoms with Crippen LogP contribution in [0, 0.1) is 12.7 Å². The molecule has 1 fully saturated rings. The number of halogens is 1. The first-order valence-electron chi connectivity index (χ1n) is 9.40. The molecule has 1 aromatic rings. The zero-order valence-corrected chi connectivity index (χ0v) is 18.4. The molecule has 4 heteroatoms. The molecule has 1 saturated heterocycles. The summed E-state index contributed by atoms with van der Waals surface area (Å²) in [5.41, 5.74) is 0.887. The van der Waals surface area contributed by atoms with E-state index >= 15 is 0 Å². The van der Waals surface area contributed by atoms with Gasteiger partial charge in [0.2, 0.25) is 0 Å². The molecule has 1 heterocycles. The number of unbranched alkanes of at least 4 members (excludes halogenated alkanes) is 1. The van der Waals surface area contributed by atoms with Gasteiger partial charge in [-0.15, -0.1) is 0 Å². The van der Waals surface area contributed by atoms with Gasteiger partial charge in [-0.05, 0) is 50.7 Å². The Balaban J connectivity index is 0.00000288. The molecule has 24 heavy (non-hydrogen) atoms. The zero-order valence-electron chi connectivity index (χ0n) is 15.5. The molecule has 1 aliphatic heterocycles. The average molecular weight is 411 g/mol. The fraction of sp³-hybridized carbons (Fsp3) is 0.700. The third-order valence-electron chi connectivity index (χ3n) is 5.23. The normalized spacial score (nSPS) is 17.5. The van der Waals surface area contributed by atoms with Crippen molar-refractivity contribution in [3.8, 4) is 5.75 Å². The van der Waals surface area contributed by atoms with Gasteiger partial charge in [0.1, 0.15) is 13.2 Å². The summed E-state index contributed by atoms with van der Waals surface area (Å²) in [4.78, 5) is 0. The van der Waals surface area contributed by atoms with Gasteiger partial charge < -0.3 is 9.22 Å². The Kier molecular flexibility index (Phi) is 10.7. The number of nitrogens with zero attached hydrogens (tertiary/aromatic N) is 1. The van der Waals surface area contributed by atoms with Gasteiger partial charge in [-0.1, -0.05) is 31.9 Å². The molecule has 0 saturated carbocycles. The molecule has 0 spiro atoms. The Labute approximate surface area is 172 Å². The minimum absolute atomic E-state index is 0. The van der Waals surface area contributed by atoms with Gasteiger partial charge in [0.15, 0.2) is 11.6 Å². The Morgan fingerprint density at radius 3 is 2.33 bits per heavy atom. The van der Waals surface area contributed by atoms with Crippen LogP contribution in [-0.2, 0) is 32.7 Å². The number of hydrogen-bond acceptors (Lipinski definition) is 1. The van der Waals surface area contributed by atoms with Crippen molar-refractivity contribution in [1.82, 2.24) is 0 Å². The summed E-state index contributed by atoms with van der Waals surface area (Å²) in [6.45, 7) is 9.57. The molecular weight excluding hydrogens is 378 g/mol. The maximum absolute atomic E-state index is 13.9. The third-order valence-corrected chi connectivity index (χ3v) is 5.23. The Bertz CT molecular complexity index is 447. The van der Waals surface area contributed by atoms with E-state index in [1.807, 2.05) is 13.0 Å². The molecule has 2 nitrogen and oxygen atoms in total. The number of ether oxygens (including phenoxy) is 1. The first-order valence-corrected chi connectivity index (χ1v) is 9.40. The molecule has 1 radical (unpaired) electrons. The average Bonchev–Trinajstić information content (AvgIpc) is 2.51. The number of para-hydroxylation sites is 1. The van der Waals surface area contributed by atoms with Crippen molar-refractivity contribution in [2.75, 3.05) is 32.8 Å². The molecule has 0 aliphatic carbocycles. The topological polar surface area (TPSA) is 9.23 Å². The molecule has 2 rings (SSSR count). The van der Waals surface area contributed by atoms with Crippen molar-refractivity contribution in [2.24, 2.45) is 0 Å². The van der Waals surface area contributed by atoms with Crippen LogP contribution in [0.2, 0.25) is 0 Å². The van der Waals surface area contributed by atoms with Crippen molar-refractivity contribution >= 4 is 0 Å². The van der Waals surface area contributed by atoms with E-state index in [1.165, 1.54) is 75.1 Å². The van der Waals surface area contributed by atoms with Gasteiger partial charge in [0, 0.05) is 32.7 Å². The Morgan fingerprint density at radius 2 is 1.71 bits per heavy atom. The monoisotopic (exact) mass is 411 g/mol. The van der Waals surface area contributed by atoms with Gasteiger partial charge in [-0.3, -0.25) is 0 Å². The number of likely N-dealkylation sites (tertiary alicyclic amines) is 1. The number of benzene rings is 1. The largest absolute Gasteiger partial charge is 0.484 e. The smallest absolute Gasteiger partial charge is 0.165 e. The molecule has 0 N–H and O–H groups in total. The van der Waals surface area contributed by atoms with E-state index < -0.39 is 0 Å². The summed E-state index contributed by atoms with van der Waals surface area (Å²) in [6.07, 6.45) is 9.27. The minimum Gasteiger partial charge on any atom is -0.484 e. The number of aryl methyl sites for hydroxylation is 1. The van der Waals surface area contributed by atoms with E-state index in [-0.39, 0.29) is 38.5 Å². The molecular formula is C20H33FNOY+. The van der Waals surface area contributed by atoms with Crippen LogP contribution in [0.1, 0.15) is 57.4 Å². The van der Waals surface area contributed by atoms with E-state index in [1.54, 1.807) is 6.07 Å². The SMILES string of the molecule is CCCC[N+]1(CCOc2c(C)cccc2F)CCCCCCC1.[Y]. The van der Waals surface area contributed by atoms with Crippen LogP contribution in [0.25, 0.3) is 0 Å². The second kappa shape index (κ2) is 11.6. The number of quaternary nitrogens is 1. The first kappa shape index (κ1) is 22.1. The summed E-state index contributed by atoms with van der Waals surface area (Å²) in [5, 5.41) is 0. The number of rotatable bonds is 7. The maximum atomic E-state index is 13.9. The van der Waals surface area contributed by atoms with Crippen LogP contribution < -0.4 is 4.74 Å². The summed E-state index contributed by atoms with van der Waals surface area (Å²) >= 11 is 0. The van der Waals surface area contributed by atoms with Crippen LogP contribution in [0.15, 0.2) is 18.2 Å². The maximum Gasteiger partial charge on any atom is 0.165 e. The van der Waals surface area contributed by atoms with E-state index in [9.17, 15) is 4.39 Å². The van der Waals surface area contributed by atoms with Gasteiger partial charge in [-0.25, -0.2) is 4.39 Å². The predicted octanol–water partition coefficient (Wildman–Crippen LogP) is 5.09. The zero-order chi connectivity index (χ0) is 16.5. The molecule has 0 aromatic heterocycles. The van der Waals surface area contributed by atoms with Crippen LogP contribution >= 0.6 is 0 Å². The fourth-order valence-electron chi connectivity index (χ4n) is 3.73. The predicted molar refractivity (Wildman–Crippen MR) is 94.4 cm³/mol. The molecule has 133 valence electrons. The second-order valence-electron chi connectivity index (χ2n) is 7.09. The number of hydrogen-bond donors (Lipinski definition) is 0. The van der Waals surface area contributed by atoms with Crippen molar-refractivity contribution in [3.05, 3.63) is 29.6 Å². The summed E-state index contributed by atoms with van der Waals surface area (Å²) < 4.78 is 20.9. The Hall–Kier alpha value is 0.0139. The van der Waals surface area contributed by atoms with E-state index in [0.29, 0.717) is 12.4 Å². The van der Waals surface area contributed by atoms with Crippen LogP contribution in [0.3, 0.4) is 0 Å². The van der Waals surface area contributed by atoms with E-state index in [4.69, 9.17) is 4.74 Å². The standard InChI is InChI=1S/C20H33FNO.Y/c1-3-4-13-22(14-8-6-5-7-9-15-22)16-17-23-20-18(2)11-10-12-19(20)21;/h10-12H,3-9,13-17H2,1-2H3;/q+1;. The second-order valence-corrected chi connectivity index (χ2v) is 7.09. The van der Waals surface area contributed by atoms with Gasteiger partial charge >= 0.3 is 0 Å². The summed E-state index contributed by atoms with van der Waals surface area (Å²) in [6, 6.07) is 5.14. The van der Waals surface area contributed by atoms with Gasteiger partial charge in [0.25, 0.3) is 0 Å². The molecule has 1 aromatic carbocycles. The van der Waals surface area contributed by atoms with Crippen molar-refractivity contribution < 1.29 is 46.3 Å². The molecule has 0 amide bonds. The van der Waals surface area contributed by atoms with Gasteiger partial charge in [0.05, 0.1) is 19.6 Å². The van der Waals surface area contributed by atoms with Crippen LogP contribution in [-0.4, -0.2) is 37.3 Å². The summed E-state index contributed by atoms with van der Waals surface area (Å²) in [5.74, 6) is 0.200. The minimum atomic E-state index is -0.238. The molecule has 0 atom stereocenters. The van der Waals surface area contributed by atoms with Crippen molar-refractivity contribution in [2.45, 2.75) is 58.8 Å². The Morgan fingerprint density at radius 1 is 1.04 bits per heavy atom. The van der Waals surface area contributed by atoms with E-state index in [0.717, 1.165) is 12.1 Å². The van der Waals surface area contributed by atoms with E-state index in [2.05, 4.69) is 6.92 Å².